The van der Waals surface area contributed by atoms with Crippen LogP contribution in [0.1, 0.15) is 75.9 Å². The fourth-order valence-electron chi connectivity index (χ4n) is 5.32. The summed E-state index contributed by atoms with van der Waals surface area (Å²) in [7, 11) is 0. The van der Waals surface area contributed by atoms with E-state index in [2.05, 4.69) is 28.7 Å². The van der Waals surface area contributed by atoms with Crippen LogP contribution in [0.2, 0.25) is 0 Å². The summed E-state index contributed by atoms with van der Waals surface area (Å²) in [5, 5.41) is 10.3. The third-order valence-corrected chi connectivity index (χ3v) is 7.53. The summed E-state index contributed by atoms with van der Waals surface area (Å²) in [6.45, 7) is 13.7. The topological polar surface area (TPSA) is 95.8 Å². The number of rotatable bonds is 7. The minimum atomic E-state index is -1.13. The number of H-pyrrole nitrogens is 1. The maximum absolute atomic E-state index is 13.3. The van der Waals surface area contributed by atoms with Crippen LogP contribution in [0.25, 0.3) is 17.2 Å². The van der Waals surface area contributed by atoms with E-state index in [4.69, 9.17) is 9.72 Å². The molecule has 1 aromatic carbocycles. The summed E-state index contributed by atoms with van der Waals surface area (Å²) in [6, 6.07) is 8.34. The van der Waals surface area contributed by atoms with E-state index < -0.39 is 17.7 Å². The molecular weight excluding hydrogens is 509 g/mol. The number of hydrogen-bond donors (Lipinski definition) is 2. The molecule has 4 heterocycles. The fourth-order valence-corrected chi connectivity index (χ4v) is 5.32. The highest BCUT2D eigenvalue weighted by atomic mass is 19.1. The molecule has 212 valence electrons. The second kappa shape index (κ2) is 10.4. The lowest BCUT2D eigenvalue weighted by Gasteiger charge is -2.40. The van der Waals surface area contributed by atoms with Crippen molar-refractivity contribution in [3.63, 3.8) is 0 Å². The number of aromatic amines is 1. The van der Waals surface area contributed by atoms with E-state index in [1.54, 1.807) is 18.3 Å². The SMILES string of the molecule is Cc1cc2nc(-c3ncc(Cc4ccc(F)cc4)[nH]3)cn2c(N2CCC(C)(C)CC2)c1C(OC(C)(C)C)C(=O)O. The molecule has 1 unspecified atom stereocenters. The number of ether oxygens (including phenoxy) is 1. The lowest BCUT2D eigenvalue weighted by molar-refractivity contribution is -0.160. The molecule has 40 heavy (non-hydrogen) atoms. The van der Waals surface area contributed by atoms with Crippen molar-refractivity contribution in [2.45, 2.75) is 72.5 Å². The highest BCUT2D eigenvalue weighted by Gasteiger charge is 2.35. The van der Waals surface area contributed by atoms with Crippen molar-refractivity contribution in [1.29, 1.82) is 0 Å². The van der Waals surface area contributed by atoms with Gasteiger partial charge in [0.1, 0.15) is 23.0 Å². The Morgan fingerprint density at radius 3 is 2.50 bits per heavy atom. The molecular formula is C31H38FN5O3. The van der Waals surface area contributed by atoms with Crippen LogP contribution in [-0.2, 0) is 16.0 Å². The summed E-state index contributed by atoms with van der Waals surface area (Å²) in [5.41, 5.74) is 4.27. The molecule has 4 aromatic rings. The molecule has 0 bridgehead atoms. The number of benzene rings is 1. The number of fused-ring (bicyclic) bond motifs is 1. The van der Waals surface area contributed by atoms with Gasteiger partial charge in [-0.15, -0.1) is 0 Å². The van der Waals surface area contributed by atoms with Crippen LogP contribution in [0, 0.1) is 18.2 Å². The Morgan fingerprint density at radius 2 is 1.88 bits per heavy atom. The van der Waals surface area contributed by atoms with Gasteiger partial charge in [0.2, 0.25) is 0 Å². The predicted octanol–water partition coefficient (Wildman–Crippen LogP) is 6.33. The largest absolute Gasteiger partial charge is 0.479 e. The van der Waals surface area contributed by atoms with Gasteiger partial charge in [0.15, 0.2) is 11.9 Å². The van der Waals surface area contributed by atoms with Crippen molar-refractivity contribution in [3.8, 4) is 11.5 Å². The van der Waals surface area contributed by atoms with E-state index >= 15 is 0 Å². The van der Waals surface area contributed by atoms with E-state index in [0.29, 0.717) is 29.1 Å². The lowest BCUT2D eigenvalue weighted by Crippen LogP contribution is -2.40. The third-order valence-electron chi connectivity index (χ3n) is 7.53. The minimum Gasteiger partial charge on any atom is -0.479 e. The number of aryl methyl sites for hydroxylation is 1. The molecule has 1 aliphatic rings. The summed E-state index contributed by atoms with van der Waals surface area (Å²) in [4.78, 5) is 27.7. The maximum Gasteiger partial charge on any atom is 0.337 e. The van der Waals surface area contributed by atoms with E-state index in [0.717, 1.165) is 48.6 Å². The minimum absolute atomic E-state index is 0.225. The number of nitrogens with zero attached hydrogens (tertiary/aromatic N) is 4. The van der Waals surface area contributed by atoms with Gasteiger partial charge in [0.05, 0.1) is 5.60 Å². The van der Waals surface area contributed by atoms with Gasteiger partial charge in [-0.2, -0.15) is 0 Å². The monoisotopic (exact) mass is 547 g/mol. The maximum atomic E-state index is 13.3. The molecule has 0 radical (unpaired) electrons. The zero-order chi connectivity index (χ0) is 28.8. The Morgan fingerprint density at radius 1 is 1.20 bits per heavy atom. The summed E-state index contributed by atoms with van der Waals surface area (Å²) in [5.74, 6) is 0.137. The number of imidazole rings is 2. The molecule has 2 N–H and O–H groups in total. The molecule has 3 aromatic heterocycles. The zero-order valence-corrected chi connectivity index (χ0v) is 24.1. The second-order valence-electron chi connectivity index (χ2n) is 12.6. The number of carboxylic acids is 1. The first-order valence-electron chi connectivity index (χ1n) is 13.8. The first-order valence-corrected chi connectivity index (χ1v) is 13.8. The Balaban J connectivity index is 1.59. The molecule has 0 saturated carbocycles. The number of piperidine rings is 1. The second-order valence-corrected chi connectivity index (χ2v) is 12.6. The van der Waals surface area contributed by atoms with E-state index in [1.165, 1.54) is 12.1 Å². The fraction of sp³-hybridized carbons (Fsp3) is 0.452. The average molecular weight is 548 g/mol. The first kappa shape index (κ1) is 27.8. The molecule has 0 spiro atoms. The average Bonchev–Trinajstić information content (AvgIpc) is 3.50. The number of aliphatic carboxylic acids is 1. The number of aromatic nitrogens is 4. The van der Waals surface area contributed by atoms with Crippen molar-refractivity contribution >= 4 is 17.4 Å². The van der Waals surface area contributed by atoms with Gasteiger partial charge in [0, 0.05) is 43.2 Å². The normalized spacial score (nSPS) is 16.4. The van der Waals surface area contributed by atoms with Crippen molar-refractivity contribution in [1.82, 2.24) is 19.4 Å². The quantitative estimate of drug-likeness (QED) is 0.281. The van der Waals surface area contributed by atoms with Crippen LogP contribution < -0.4 is 4.90 Å². The predicted molar refractivity (Wildman–Crippen MR) is 153 cm³/mol. The molecule has 9 heteroatoms. The van der Waals surface area contributed by atoms with Gasteiger partial charge >= 0.3 is 5.97 Å². The van der Waals surface area contributed by atoms with Gasteiger partial charge < -0.3 is 19.7 Å². The van der Waals surface area contributed by atoms with Crippen LogP contribution in [0.15, 0.2) is 42.7 Å². The van der Waals surface area contributed by atoms with E-state index in [1.807, 2.05) is 44.4 Å². The van der Waals surface area contributed by atoms with Crippen molar-refractivity contribution in [2.75, 3.05) is 18.0 Å². The van der Waals surface area contributed by atoms with Crippen molar-refractivity contribution < 1.29 is 19.0 Å². The number of carboxylic acid groups (broad SMARTS) is 1. The Bertz CT molecular complexity index is 1520. The van der Waals surface area contributed by atoms with Crippen LogP contribution in [0.5, 0.6) is 0 Å². The van der Waals surface area contributed by atoms with Gasteiger partial charge in [-0.05, 0) is 75.3 Å². The van der Waals surface area contributed by atoms with Crippen LogP contribution in [-0.4, -0.2) is 49.1 Å². The number of hydrogen-bond acceptors (Lipinski definition) is 5. The standard InChI is InChI=1S/C31H38FN5O3/c1-19-15-24-35-23(27-33-17-22(34-27)16-20-7-9-21(32)10-8-20)18-37(24)28(36-13-11-31(5,6)12-14-36)25(19)26(29(38)39)40-30(2,3)4/h7-10,15,17-18,26H,11-14,16H2,1-6H3,(H,33,34)(H,38,39). The molecule has 1 atom stereocenters. The molecule has 0 amide bonds. The van der Waals surface area contributed by atoms with Crippen LogP contribution in [0.4, 0.5) is 10.2 Å². The molecule has 1 saturated heterocycles. The Hall–Kier alpha value is -3.72. The molecule has 0 aliphatic carbocycles. The summed E-state index contributed by atoms with van der Waals surface area (Å²) >= 11 is 0. The molecule has 5 rings (SSSR count). The molecule has 1 fully saturated rings. The van der Waals surface area contributed by atoms with Gasteiger partial charge in [-0.25, -0.2) is 19.2 Å². The van der Waals surface area contributed by atoms with E-state index in [-0.39, 0.29) is 11.2 Å². The number of pyridine rings is 1. The number of carbonyl (C=O) groups is 1. The summed E-state index contributed by atoms with van der Waals surface area (Å²) in [6.07, 6.45) is 5.13. The number of halogens is 1. The lowest BCUT2D eigenvalue weighted by atomic mass is 9.82. The molecule has 1 aliphatic heterocycles. The van der Waals surface area contributed by atoms with Gasteiger partial charge in [0.25, 0.3) is 0 Å². The highest BCUT2D eigenvalue weighted by Crippen LogP contribution is 2.40. The van der Waals surface area contributed by atoms with Crippen LogP contribution >= 0.6 is 0 Å². The van der Waals surface area contributed by atoms with E-state index in [9.17, 15) is 14.3 Å². The van der Waals surface area contributed by atoms with Gasteiger partial charge in [-0.1, -0.05) is 26.0 Å². The third kappa shape index (κ3) is 5.89. The van der Waals surface area contributed by atoms with Crippen LogP contribution in [0.3, 0.4) is 0 Å². The number of nitrogens with one attached hydrogen (secondary N) is 1. The smallest absolute Gasteiger partial charge is 0.337 e. The number of anilines is 1. The highest BCUT2D eigenvalue weighted by molar-refractivity contribution is 5.79. The first-order chi connectivity index (χ1) is 18.8. The Kier molecular flexibility index (Phi) is 7.20. The summed E-state index contributed by atoms with van der Waals surface area (Å²) < 4.78 is 21.4. The van der Waals surface area contributed by atoms with Crippen molar-refractivity contribution in [2.24, 2.45) is 5.41 Å². The zero-order valence-electron chi connectivity index (χ0n) is 24.1. The van der Waals surface area contributed by atoms with Crippen molar-refractivity contribution in [3.05, 3.63) is 70.9 Å². The molecule has 8 nitrogen and oxygen atoms in total. The Labute approximate surface area is 234 Å². The van der Waals surface area contributed by atoms with Gasteiger partial charge in [-0.3, -0.25) is 4.40 Å².